The third kappa shape index (κ3) is 3.54. The van der Waals surface area contributed by atoms with E-state index in [-0.39, 0.29) is 17.9 Å². The van der Waals surface area contributed by atoms with Crippen molar-refractivity contribution >= 4 is 39.4 Å². The number of imidazole rings is 1. The van der Waals surface area contributed by atoms with Crippen LogP contribution in [0.2, 0.25) is 0 Å². The summed E-state index contributed by atoms with van der Waals surface area (Å²) in [4.78, 5) is 39.4. The first-order valence-corrected chi connectivity index (χ1v) is 13.2. The standard InChI is InChI=1S/C25H25N5O2S2/c1-13-5-4-6-16(9-13)22-21(27-15(3)34-22)24(32)30-12-17-10-18(17)19(30)11-26-23(31)20-14(2)29-7-8-33-25(29)28-20/h4-9,17-19H,10-12H2,1-3H3,(H,26,31)/t17-,18-,19+/m0/s1. The Morgan fingerprint density at radius 3 is 2.82 bits per heavy atom. The molecule has 1 saturated carbocycles. The molecule has 2 amide bonds. The molecule has 7 nitrogen and oxygen atoms in total. The first-order chi connectivity index (χ1) is 16.4. The highest BCUT2D eigenvalue weighted by atomic mass is 32.1. The Kier molecular flexibility index (Phi) is 5.07. The monoisotopic (exact) mass is 491 g/mol. The number of nitrogens with zero attached hydrogens (tertiary/aromatic N) is 4. The minimum absolute atomic E-state index is 0.0159. The molecule has 34 heavy (non-hydrogen) atoms. The number of piperidine rings is 1. The third-order valence-electron chi connectivity index (χ3n) is 6.97. The molecule has 174 valence electrons. The normalized spacial score (nSPS) is 21.1. The van der Waals surface area contributed by atoms with Gasteiger partial charge >= 0.3 is 0 Å². The van der Waals surface area contributed by atoms with Crippen LogP contribution in [-0.4, -0.2) is 50.2 Å². The molecular formula is C25H25N5O2S2. The van der Waals surface area contributed by atoms with Crippen LogP contribution in [0.15, 0.2) is 35.8 Å². The number of amides is 2. The number of aromatic nitrogens is 3. The number of nitrogens with one attached hydrogen (secondary N) is 1. The number of benzene rings is 1. The lowest BCUT2D eigenvalue weighted by atomic mass is 10.1. The molecule has 4 heterocycles. The van der Waals surface area contributed by atoms with E-state index in [1.165, 1.54) is 11.3 Å². The summed E-state index contributed by atoms with van der Waals surface area (Å²) >= 11 is 3.07. The van der Waals surface area contributed by atoms with E-state index in [1.807, 2.05) is 46.9 Å². The summed E-state index contributed by atoms with van der Waals surface area (Å²) in [5.74, 6) is 0.742. The Labute approximate surface area is 205 Å². The second kappa shape index (κ2) is 8.02. The number of hydrogen-bond donors (Lipinski definition) is 1. The summed E-state index contributed by atoms with van der Waals surface area (Å²) < 4.78 is 1.93. The molecule has 0 unspecified atom stereocenters. The number of likely N-dealkylation sites (tertiary alicyclic amines) is 1. The SMILES string of the molecule is Cc1cccc(-c2sc(C)nc2C(=O)N2C[C@@H]3C[C@@H]3[C@H]2CNC(=O)c2nc3sccn3c2C)c1. The largest absolute Gasteiger partial charge is 0.349 e. The maximum atomic E-state index is 13.7. The van der Waals surface area contributed by atoms with Crippen molar-refractivity contribution in [2.75, 3.05) is 13.1 Å². The first kappa shape index (κ1) is 21.5. The summed E-state index contributed by atoms with van der Waals surface area (Å²) in [6.07, 6.45) is 3.04. The Balaban J connectivity index is 1.23. The highest BCUT2D eigenvalue weighted by Gasteiger charge is 2.54. The number of aryl methyl sites for hydroxylation is 3. The quantitative estimate of drug-likeness (QED) is 0.451. The van der Waals surface area contributed by atoms with E-state index in [4.69, 9.17) is 0 Å². The molecule has 9 heteroatoms. The molecule has 3 atom stereocenters. The average Bonchev–Trinajstić information content (AvgIpc) is 3.18. The van der Waals surface area contributed by atoms with Crippen LogP contribution in [-0.2, 0) is 0 Å². The highest BCUT2D eigenvalue weighted by molar-refractivity contribution is 7.15. The van der Waals surface area contributed by atoms with Crippen molar-refractivity contribution in [1.82, 2.24) is 24.6 Å². The molecule has 2 fully saturated rings. The van der Waals surface area contributed by atoms with Gasteiger partial charge in [0.25, 0.3) is 11.8 Å². The molecule has 6 rings (SSSR count). The Morgan fingerprint density at radius 2 is 2.03 bits per heavy atom. The molecule has 0 radical (unpaired) electrons. The van der Waals surface area contributed by atoms with E-state index in [0.29, 0.717) is 29.8 Å². The van der Waals surface area contributed by atoms with Gasteiger partial charge in [-0.2, -0.15) is 0 Å². The number of thiazole rings is 2. The predicted octanol–water partition coefficient (Wildman–Crippen LogP) is 4.34. The molecule has 0 bridgehead atoms. The van der Waals surface area contributed by atoms with Crippen molar-refractivity contribution in [1.29, 1.82) is 0 Å². The van der Waals surface area contributed by atoms with Gasteiger partial charge in [0.1, 0.15) is 5.69 Å². The number of rotatable bonds is 5. The topological polar surface area (TPSA) is 79.6 Å². The molecule has 1 saturated heterocycles. The van der Waals surface area contributed by atoms with Crippen molar-refractivity contribution in [3.05, 3.63) is 63.5 Å². The Bertz CT molecular complexity index is 1430. The number of fused-ring (bicyclic) bond motifs is 2. The van der Waals surface area contributed by atoms with Gasteiger partial charge in [-0.15, -0.1) is 22.7 Å². The van der Waals surface area contributed by atoms with E-state index in [1.54, 1.807) is 11.3 Å². The summed E-state index contributed by atoms with van der Waals surface area (Å²) in [5, 5.41) is 5.90. The molecule has 0 spiro atoms. The van der Waals surface area contributed by atoms with E-state index in [0.717, 1.165) is 44.6 Å². The van der Waals surface area contributed by atoms with Gasteiger partial charge in [0.2, 0.25) is 0 Å². The van der Waals surface area contributed by atoms with Crippen molar-refractivity contribution < 1.29 is 9.59 Å². The third-order valence-corrected chi connectivity index (χ3v) is 8.75. The number of carbonyl (C=O) groups excluding carboxylic acids is 2. The van der Waals surface area contributed by atoms with E-state index in [9.17, 15) is 9.59 Å². The van der Waals surface area contributed by atoms with Gasteiger partial charge in [0.05, 0.1) is 21.6 Å². The zero-order valence-electron chi connectivity index (χ0n) is 19.2. The summed E-state index contributed by atoms with van der Waals surface area (Å²) in [5.41, 5.74) is 3.98. The molecule has 1 aliphatic carbocycles. The van der Waals surface area contributed by atoms with E-state index in [2.05, 4.69) is 34.3 Å². The van der Waals surface area contributed by atoms with Crippen LogP contribution >= 0.6 is 22.7 Å². The molecule has 2 aliphatic rings. The van der Waals surface area contributed by atoms with Gasteiger partial charge in [-0.1, -0.05) is 29.8 Å². The van der Waals surface area contributed by atoms with Crippen molar-refractivity contribution in [2.45, 2.75) is 33.2 Å². The summed E-state index contributed by atoms with van der Waals surface area (Å²) in [7, 11) is 0. The fraction of sp³-hybridized carbons (Fsp3) is 0.360. The number of carbonyl (C=O) groups is 2. The number of hydrogen-bond acceptors (Lipinski definition) is 6. The van der Waals surface area contributed by atoms with Crippen molar-refractivity contribution in [3.8, 4) is 10.4 Å². The van der Waals surface area contributed by atoms with Crippen LogP contribution in [0.25, 0.3) is 15.4 Å². The molecule has 1 aromatic carbocycles. The van der Waals surface area contributed by atoms with Gasteiger partial charge in [-0.25, -0.2) is 9.97 Å². The maximum Gasteiger partial charge on any atom is 0.274 e. The second-order valence-electron chi connectivity index (χ2n) is 9.28. The molecular weight excluding hydrogens is 466 g/mol. The van der Waals surface area contributed by atoms with Crippen LogP contribution in [0, 0.1) is 32.6 Å². The van der Waals surface area contributed by atoms with Crippen LogP contribution in [0.3, 0.4) is 0 Å². The van der Waals surface area contributed by atoms with Crippen LogP contribution < -0.4 is 5.32 Å². The average molecular weight is 492 g/mol. The predicted molar refractivity (Wildman–Crippen MR) is 134 cm³/mol. The van der Waals surface area contributed by atoms with E-state index >= 15 is 0 Å². The lowest BCUT2D eigenvalue weighted by Crippen LogP contribution is -2.46. The first-order valence-electron chi connectivity index (χ1n) is 11.5. The summed E-state index contributed by atoms with van der Waals surface area (Å²) in [6.45, 7) is 7.06. The van der Waals surface area contributed by atoms with Gasteiger partial charge < -0.3 is 10.2 Å². The minimum Gasteiger partial charge on any atom is -0.349 e. The molecule has 4 aromatic rings. The van der Waals surface area contributed by atoms with E-state index < -0.39 is 0 Å². The smallest absolute Gasteiger partial charge is 0.274 e. The van der Waals surface area contributed by atoms with Gasteiger partial charge in [0, 0.05) is 24.7 Å². The molecule has 1 aliphatic heterocycles. The fourth-order valence-corrected chi connectivity index (χ4v) is 6.82. The minimum atomic E-state index is -0.185. The zero-order valence-corrected chi connectivity index (χ0v) is 20.9. The zero-order chi connectivity index (χ0) is 23.6. The van der Waals surface area contributed by atoms with Crippen LogP contribution in [0.4, 0.5) is 0 Å². The second-order valence-corrected chi connectivity index (χ2v) is 11.4. The van der Waals surface area contributed by atoms with Crippen LogP contribution in [0.1, 0.15) is 43.7 Å². The summed E-state index contributed by atoms with van der Waals surface area (Å²) in [6, 6.07) is 8.18. The highest BCUT2D eigenvalue weighted by Crippen LogP contribution is 2.50. The fourth-order valence-electron chi connectivity index (χ4n) is 5.15. The van der Waals surface area contributed by atoms with Crippen LogP contribution in [0.5, 0.6) is 0 Å². The van der Waals surface area contributed by atoms with Gasteiger partial charge in [-0.05, 0) is 44.6 Å². The maximum absolute atomic E-state index is 13.7. The van der Waals surface area contributed by atoms with Gasteiger partial charge in [-0.3, -0.25) is 14.0 Å². The lowest BCUT2D eigenvalue weighted by Gasteiger charge is -2.27. The Morgan fingerprint density at radius 1 is 1.18 bits per heavy atom. The molecule has 3 aromatic heterocycles. The molecule has 1 N–H and O–H groups in total. The van der Waals surface area contributed by atoms with Crippen molar-refractivity contribution in [3.63, 3.8) is 0 Å². The lowest BCUT2D eigenvalue weighted by molar-refractivity contribution is 0.0690. The van der Waals surface area contributed by atoms with Crippen molar-refractivity contribution in [2.24, 2.45) is 11.8 Å². The van der Waals surface area contributed by atoms with Gasteiger partial charge in [0.15, 0.2) is 10.7 Å². The Hall–Kier alpha value is -3.04.